The van der Waals surface area contributed by atoms with Gasteiger partial charge in [0.15, 0.2) is 0 Å². The van der Waals surface area contributed by atoms with Crippen molar-refractivity contribution in [1.29, 1.82) is 0 Å². The SMILES string of the molecule is CCCC(NC1CC1)c1nccs1. The number of thiazole rings is 1. The van der Waals surface area contributed by atoms with Crippen molar-refractivity contribution in [3.63, 3.8) is 0 Å². The van der Waals surface area contributed by atoms with Crippen LogP contribution in [0.1, 0.15) is 43.7 Å². The zero-order valence-electron chi connectivity index (χ0n) is 7.99. The average Bonchev–Trinajstić information content (AvgIpc) is 2.80. The van der Waals surface area contributed by atoms with Crippen LogP contribution in [0.25, 0.3) is 0 Å². The van der Waals surface area contributed by atoms with E-state index in [0.29, 0.717) is 6.04 Å². The fourth-order valence-corrected chi connectivity index (χ4v) is 2.24. The lowest BCUT2D eigenvalue weighted by atomic mass is 10.2. The quantitative estimate of drug-likeness (QED) is 0.783. The maximum Gasteiger partial charge on any atom is 0.109 e. The molecule has 13 heavy (non-hydrogen) atoms. The van der Waals surface area contributed by atoms with Gasteiger partial charge in [0.1, 0.15) is 5.01 Å². The molecule has 3 heteroatoms. The van der Waals surface area contributed by atoms with Gasteiger partial charge in [0.2, 0.25) is 0 Å². The van der Waals surface area contributed by atoms with Crippen LogP contribution in [0.2, 0.25) is 0 Å². The molecule has 1 atom stereocenters. The Morgan fingerprint density at radius 1 is 1.69 bits per heavy atom. The van der Waals surface area contributed by atoms with Crippen molar-refractivity contribution in [3.05, 3.63) is 16.6 Å². The lowest BCUT2D eigenvalue weighted by Crippen LogP contribution is -2.23. The Hall–Kier alpha value is -0.410. The van der Waals surface area contributed by atoms with Crippen molar-refractivity contribution in [2.24, 2.45) is 0 Å². The molecule has 0 saturated heterocycles. The molecule has 1 unspecified atom stereocenters. The largest absolute Gasteiger partial charge is 0.305 e. The third kappa shape index (κ3) is 2.51. The van der Waals surface area contributed by atoms with Crippen molar-refractivity contribution in [3.8, 4) is 0 Å². The fraction of sp³-hybridized carbons (Fsp3) is 0.700. The highest BCUT2D eigenvalue weighted by Crippen LogP contribution is 2.27. The third-order valence-electron chi connectivity index (χ3n) is 2.34. The molecule has 0 aromatic carbocycles. The Balaban J connectivity index is 1.95. The summed E-state index contributed by atoms with van der Waals surface area (Å²) in [6.45, 7) is 2.23. The molecule has 1 heterocycles. The van der Waals surface area contributed by atoms with Gasteiger partial charge in [-0.1, -0.05) is 13.3 Å². The summed E-state index contributed by atoms with van der Waals surface area (Å²) in [4.78, 5) is 4.37. The standard InChI is InChI=1S/C10H16N2S/c1-2-3-9(12-8-4-5-8)10-11-6-7-13-10/h6-9,12H,2-5H2,1H3. The van der Waals surface area contributed by atoms with Crippen LogP contribution >= 0.6 is 11.3 Å². The lowest BCUT2D eigenvalue weighted by Gasteiger charge is -2.14. The minimum absolute atomic E-state index is 0.512. The maximum atomic E-state index is 4.37. The normalized spacial score (nSPS) is 18.8. The van der Waals surface area contributed by atoms with Gasteiger partial charge in [0.05, 0.1) is 6.04 Å². The summed E-state index contributed by atoms with van der Waals surface area (Å²) in [6.07, 6.45) is 7.04. The van der Waals surface area contributed by atoms with Crippen LogP contribution in [0.3, 0.4) is 0 Å². The summed E-state index contributed by atoms with van der Waals surface area (Å²) < 4.78 is 0. The first-order valence-corrected chi connectivity index (χ1v) is 5.93. The molecule has 0 amide bonds. The molecule has 0 aliphatic heterocycles. The Bertz CT molecular complexity index is 241. The molecule has 1 aliphatic carbocycles. The molecular formula is C10H16N2S. The van der Waals surface area contributed by atoms with Crippen LogP contribution in [0.4, 0.5) is 0 Å². The molecule has 0 bridgehead atoms. The summed E-state index contributed by atoms with van der Waals surface area (Å²) in [6, 6.07) is 1.29. The molecule has 1 aromatic rings. The van der Waals surface area contributed by atoms with Crippen molar-refractivity contribution in [2.45, 2.75) is 44.7 Å². The molecular weight excluding hydrogens is 180 g/mol. The van der Waals surface area contributed by atoms with E-state index in [0.717, 1.165) is 6.04 Å². The zero-order valence-corrected chi connectivity index (χ0v) is 8.81. The number of aromatic nitrogens is 1. The average molecular weight is 196 g/mol. The van der Waals surface area contributed by atoms with Crippen molar-refractivity contribution < 1.29 is 0 Å². The number of nitrogens with zero attached hydrogens (tertiary/aromatic N) is 1. The number of hydrogen-bond acceptors (Lipinski definition) is 3. The van der Waals surface area contributed by atoms with Crippen LogP contribution in [-0.4, -0.2) is 11.0 Å². The van der Waals surface area contributed by atoms with Gasteiger partial charge in [-0.2, -0.15) is 0 Å². The molecule has 0 radical (unpaired) electrons. The molecule has 2 nitrogen and oxygen atoms in total. The monoisotopic (exact) mass is 196 g/mol. The highest BCUT2D eigenvalue weighted by molar-refractivity contribution is 7.09. The molecule has 1 N–H and O–H groups in total. The van der Waals surface area contributed by atoms with Crippen molar-refractivity contribution >= 4 is 11.3 Å². The second-order valence-corrected chi connectivity index (χ2v) is 4.58. The van der Waals surface area contributed by atoms with Gasteiger partial charge >= 0.3 is 0 Å². The van der Waals surface area contributed by atoms with Gasteiger partial charge < -0.3 is 5.32 Å². The molecule has 1 saturated carbocycles. The molecule has 0 spiro atoms. The van der Waals surface area contributed by atoms with E-state index in [1.807, 2.05) is 6.20 Å². The Morgan fingerprint density at radius 3 is 3.08 bits per heavy atom. The van der Waals surface area contributed by atoms with Crippen LogP contribution in [0.5, 0.6) is 0 Å². The van der Waals surface area contributed by atoms with Gasteiger partial charge in [-0.3, -0.25) is 0 Å². The summed E-state index contributed by atoms with van der Waals surface area (Å²) >= 11 is 1.77. The van der Waals surface area contributed by atoms with Gasteiger partial charge in [-0.05, 0) is 19.3 Å². The highest BCUT2D eigenvalue weighted by Gasteiger charge is 2.25. The van der Waals surface area contributed by atoms with Crippen molar-refractivity contribution in [2.75, 3.05) is 0 Å². The second kappa shape index (κ2) is 4.20. The third-order valence-corrected chi connectivity index (χ3v) is 3.23. The molecule has 1 aromatic heterocycles. The first-order chi connectivity index (χ1) is 6.40. The van der Waals surface area contributed by atoms with E-state index in [1.54, 1.807) is 11.3 Å². The summed E-state index contributed by atoms with van der Waals surface area (Å²) in [5, 5.41) is 6.96. The van der Waals surface area contributed by atoms with E-state index in [9.17, 15) is 0 Å². The minimum Gasteiger partial charge on any atom is -0.305 e. The number of rotatable bonds is 5. The Kier molecular flexibility index (Phi) is 2.96. The van der Waals surface area contributed by atoms with Crippen LogP contribution in [0, 0.1) is 0 Å². The Labute approximate surface area is 83.4 Å². The first kappa shape index (κ1) is 9.16. The van der Waals surface area contributed by atoms with Gasteiger partial charge in [-0.25, -0.2) is 4.98 Å². The lowest BCUT2D eigenvalue weighted by molar-refractivity contribution is 0.489. The number of nitrogens with one attached hydrogen (secondary N) is 1. The van der Waals surface area contributed by atoms with E-state index in [1.165, 1.54) is 30.7 Å². The van der Waals surface area contributed by atoms with Crippen LogP contribution in [-0.2, 0) is 0 Å². The van der Waals surface area contributed by atoms with E-state index < -0.39 is 0 Å². The first-order valence-electron chi connectivity index (χ1n) is 5.05. The van der Waals surface area contributed by atoms with E-state index in [-0.39, 0.29) is 0 Å². The van der Waals surface area contributed by atoms with Crippen molar-refractivity contribution in [1.82, 2.24) is 10.3 Å². The van der Waals surface area contributed by atoms with E-state index >= 15 is 0 Å². The van der Waals surface area contributed by atoms with Gasteiger partial charge in [-0.15, -0.1) is 11.3 Å². The smallest absolute Gasteiger partial charge is 0.109 e. The van der Waals surface area contributed by atoms with E-state index in [2.05, 4.69) is 22.6 Å². The maximum absolute atomic E-state index is 4.37. The second-order valence-electron chi connectivity index (χ2n) is 3.65. The summed E-state index contributed by atoms with van der Waals surface area (Å²) in [5.41, 5.74) is 0. The summed E-state index contributed by atoms with van der Waals surface area (Å²) in [7, 11) is 0. The minimum atomic E-state index is 0.512. The topological polar surface area (TPSA) is 24.9 Å². The zero-order chi connectivity index (χ0) is 9.10. The van der Waals surface area contributed by atoms with E-state index in [4.69, 9.17) is 0 Å². The number of hydrogen-bond donors (Lipinski definition) is 1. The summed E-state index contributed by atoms with van der Waals surface area (Å²) in [5.74, 6) is 0. The van der Waals surface area contributed by atoms with Crippen LogP contribution < -0.4 is 5.32 Å². The fourth-order valence-electron chi connectivity index (χ4n) is 1.51. The molecule has 1 aliphatic rings. The predicted molar refractivity (Wildman–Crippen MR) is 55.9 cm³/mol. The predicted octanol–water partition coefficient (Wildman–Crippen LogP) is 2.74. The molecule has 1 fully saturated rings. The highest BCUT2D eigenvalue weighted by atomic mass is 32.1. The Morgan fingerprint density at radius 2 is 2.54 bits per heavy atom. The van der Waals surface area contributed by atoms with Gasteiger partial charge in [0.25, 0.3) is 0 Å². The molecule has 72 valence electrons. The van der Waals surface area contributed by atoms with Crippen LogP contribution in [0.15, 0.2) is 11.6 Å². The molecule has 2 rings (SSSR count). The van der Waals surface area contributed by atoms with Gasteiger partial charge in [0, 0.05) is 17.6 Å².